The maximum atomic E-state index is 11.9. The highest BCUT2D eigenvalue weighted by molar-refractivity contribution is 5.88. The monoisotopic (exact) mass is 334 g/mol. The highest BCUT2D eigenvalue weighted by atomic mass is 16.4. The quantitative estimate of drug-likeness (QED) is 0.581. The number of carboxylic acids is 1. The molecule has 1 rings (SSSR count). The van der Waals surface area contributed by atoms with Crippen LogP contribution in [0.5, 0.6) is 0 Å². The van der Waals surface area contributed by atoms with E-state index in [0.717, 1.165) is 11.1 Å². The lowest BCUT2D eigenvalue weighted by Crippen LogP contribution is -2.41. The molecule has 0 aliphatic carbocycles. The van der Waals surface area contributed by atoms with Crippen molar-refractivity contribution in [3.8, 4) is 0 Å². The molecule has 0 saturated carbocycles. The van der Waals surface area contributed by atoms with E-state index < -0.39 is 23.8 Å². The van der Waals surface area contributed by atoms with Gasteiger partial charge in [-0.2, -0.15) is 0 Å². The molecule has 1 aromatic rings. The van der Waals surface area contributed by atoms with Crippen LogP contribution < -0.4 is 11.1 Å². The molecule has 0 spiro atoms. The third-order valence-corrected chi connectivity index (χ3v) is 3.47. The van der Waals surface area contributed by atoms with Crippen molar-refractivity contribution >= 4 is 23.6 Å². The first-order valence-electron chi connectivity index (χ1n) is 7.65. The molecule has 4 N–H and O–H groups in total. The Morgan fingerprint density at radius 3 is 2.25 bits per heavy atom. The minimum atomic E-state index is -1.24. The number of carbonyl (C=O) groups is 4. The van der Waals surface area contributed by atoms with E-state index in [-0.39, 0.29) is 37.9 Å². The molecule has 0 bridgehead atoms. The van der Waals surface area contributed by atoms with Crippen molar-refractivity contribution in [2.75, 3.05) is 0 Å². The lowest BCUT2D eigenvalue weighted by Gasteiger charge is -2.13. The van der Waals surface area contributed by atoms with Crippen LogP contribution in [0.1, 0.15) is 36.8 Å². The van der Waals surface area contributed by atoms with E-state index in [2.05, 4.69) is 5.32 Å². The SMILES string of the molecule is Cc1ccc(CC(=O)CCC(=O)NC(CCC(N)=O)C(=O)O)cc1. The maximum absolute atomic E-state index is 11.9. The first-order chi connectivity index (χ1) is 11.3. The van der Waals surface area contributed by atoms with Crippen molar-refractivity contribution < 1.29 is 24.3 Å². The van der Waals surface area contributed by atoms with Crippen LogP contribution in [0.25, 0.3) is 0 Å². The van der Waals surface area contributed by atoms with Gasteiger partial charge in [0.15, 0.2) is 0 Å². The predicted octanol–water partition coefficient (Wildman–Crippen LogP) is 0.722. The normalized spacial score (nSPS) is 11.5. The summed E-state index contributed by atoms with van der Waals surface area (Å²) in [4.78, 5) is 45.4. The molecule has 0 aromatic heterocycles. The van der Waals surface area contributed by atoms with Crippen molar-refractivity contribution in [2.24, 2.45) is 5.73 Å². The van der Waals surface area contributed by atoms with Crippen molar-refractivity contribution in [2.45, 2.75) is 45.1 Å². The highest BCUT2D eigenvalue weighted by Gasteiger charge is 2.20. The number of nitrogens with two attached hydrogens (primary N) is 1. The van der Waals surface area contributed by atoms with Gasteiger partial charge in [-0.1, -0.05) is 29.8 Å². The molecule has 7 heteroatoms. The third-order valence-electron chi connectivity index (χ3n) is 3.47. The number of carbonyl (C=O) groups excluding carboxylic acids is 3. The Balaban J connectivity index is 2.40. The number of aryl methyl sites for hydroxylation is 1. The van der Waals surface area contributed by atoms with Gasteiger partial charge < -0.3 is 16.2 Å². The van der Waals surface area contributed by atoms with Gasteiger partial charge in [0.25, 0.3) is 0 Å². The van der Waals surface area contributed by atoms with E-state index in [1.807, 2.05) is 31.2 Å². The maximum Gasteiger partial charge on any atom is 0.326 e. The molecule has 2 amide bonds. The van der Waals surface area contributed by atoms with Crippen LogP contribution >= 0.6 is 0 Å². The Hall–Kier alpha value is -2.70. The Bertz CT molecular complexity index is 610. The second kappa shape index (κ2) is 9.44. The molecule has 130 valence electrons. The average Bonchev–Trinajstić information content (AvgIpc) is 2.51. The van der Waals surface area contributed by atoms with Crippen molar-refractivity contribution in [3.05, 3.63) is 35.4 Å². The summed E-state index contributed by atoms with van der Waals surface area (Å²) in [5.41, 5.74) is 6.93. The summed E-state index contributed by atoms with van der Waals surface area (Å²) in [6.45, 7) is 1.95. The second-order valence-corrected chi connectivity index (χ2v) is 5.66. The minimum absolute atomic E-state index is 0.0296. The molecule has 0 heterocycles. The molecule has 1 unspecified atom stereocenters. The number of aliphatic carboxylic acids is 1. The number of hydrogen-bond donors (Lipinski definition) is 3. The van der Waals surface area contributed by atoms with Crippen LogP contribution in [0.15, 0.2) is 24.3 Å². The van der Waals surface area contributed by atoms with Crippen LogP contribution in [0.3, 0.4) is 0 Å². The van der Waals surface area contributed by atoms with E-state index in [4.69, 9.17) is 10.8 Å². The second-order valence-electron chi connectivity index (χ2n) is 5.66. The van der Waals surface area contributed by atoms with Crippen molar-refractivity contribution in [1.29, 1.82) is 0 Å². The summed E-state index contributed by atoms with van der Waals surface area (Å²) < 4.78 is 0. The van der Waals surface area contributed by atoms with Gasteiger partial charge in [-0.3, -0.25) is 14.4 Å². The zero-order valence-corrected chi connectivity index (χ0v) is 13.6. The number of rotatable bonds is 10. The molecule has 0 aliphatic heterocycles. The summed E-state index contributed by atoms with van der Waals surface area (Å²) in [7, 11) is 0. The van der Waals surface area contributed by atoms with Gasteiger partial charge in [-0.05, 0) is 18.9 Å². The van der Waals surface area contributed by atoms with Crippen molar-refractivity contribution in [1.82, 2.24) is 5.32 Å². The van der Waals surface area contributed by atoms with Gasteiger partial charge in [-0.15, -0.1) is 0 Å². The summed E-state index contributed by atoms with van der Waals surface area (Å²) in [5.74, 6) is -2.51. The Kier molecular flexibility index (Phi) is 7.61. The molecule has 24 heavy (non-hydrogen) atoms. The number of carboxylic acid groups (broad SMARTS) is 1. The van der Waals surface area contributed by atoms with Gasteiger partial charge in [0.2, 0.25) is 11.8 Å². The first kappa shape index (κ1) is 19.3. The summed E-state index contributed by atoms with van der Waals surface area (Å²) >= 11 is 0. The summed E-state index contributed by atoms with van der Waals surface area (Å²) in [5, 5.41) is 11.3. The van der Waals surface area contributed by atoms with Gasteiger partial charge in [0, 0.05) is 25.7 Å². The number of Topliss-reactive ketones (excluding diaryl/α,β-unsaturated/α-hetero) is 1. The minimum Gasteiger partial charge on any atom is -0.480 e. The van der Waals surface area contributed by atoms with E-state index >= 15 is 0 Å². The molecule has 1 atom stereocenters. The zero-order chi connectivity index (χ0) is 18.1. The third kappa shape index (κ3) is 7.53. The first-order valence-corrected chi connectivity index (χ1v) is 7.65. The van der Waals surface area contributed by atoms with Gasteiger partial charge in [0.1, 0.15) is 11.8 Å². The number of amides is 2. The van der Waals surface area contributed by atoms with Crippen LogP contribution in [0.4, 0.5) is 0 Å². The highest BCUT2D eigenvalue weighted by Crippen LogP contribution is 2.07. The molecule has 1 aromatic carbocycles. The lowest BCUT2D eigenvalue weighted by atomic mass is 10.0. The van der Waals surface area contributed by atoms with Crippen molar-refractivity contribution in [3.63, 3.8) is 0 Å². The predicted molar refractivity (Wildman–Crippen MR) is 87.1 cm³/mol. The fraction of sp³-hybridized carbons (Fsp3) is 0.412. The summed E-state index contributed by atoms with van der Waals surface area (Å²) in [6, 6.07) is 6.35. The summed E-state index contributed by atoms with van der Waals surface area (Å²) in [6.07, 6.45) is -0.0399. The average molecular weight is 334 g/mol. The molecular weight excluding hydrogens is 312 g/mol. The van der Waals surface area contributed by atoms with Crippen LogP contribution in [-0.4, -0.2) is 34.7 Å². The largest absolute Gasteiger partial charge is 0.480 e. The van der Waals surface area contributed by atoms with Crippen LogP contribution in [0, 0.1) is 6.92 Å². The van der Waals surface area contributed by atoms with E-state index in [0.29, 0.717) is 0 Å². The number of nitrogens with one attached hydrogen (secondary N) is 1. The standard InChI is InChI=1S/C17H22N2O5/c1-11-2-4-12(5-3-11)10-13(20)6-9-16(22)19-14(17(23)24)7-8-15(18)21/h2-5,14H,6-10H2,1H3,(H2,18,21)(H,19,22)(H,23,24). The molecule has 0 radical (unpaired) electrons. The number of ketones is 1. The fourth-order valence-corrected chi connectivity index (χ4v) is 2.09. The lowest BCUT2D eigenvalue weighted by molar-refractivity contribution is -0.142. The molecule has 0 aliphatic rings. The fourth-order valence-electron chi connectivity index (χ4n) is 2.09. The van der Waals surface area contributed by atoms with E-state index in [9.17, 15) is 19.2 Å². The van der Waals surface area contributed by atoms with E-state index in [1.54, 1.807) is 0 Å². The molecule has 0 fully saturated rings. The van der Waals surface area contributed by atoms with Gasteiger partial charge in [0.05, 0.1) is 0 Å². The van der Waals surface area contributed by atoms with Crippen LogP contribution in [0.2, 0.25) is 0 Å². The molecule has 0 saturated heterocycles. The smallest absolute Gasteiger partial charge is 0.326 e. The van der Waals surface area contributed by atoms with E-state index in [1.165, 1.54) is 0 Å². The van der Waals surface area contributed by atoms with Crippen LogP contribution in [-0.2, 0) is 25.6 Å². The Morgan fingerprint density at radius 1 is 1.08 bits per heavy atom. The van der Waals surface area contributed by atoms with Gasteiger partial charge in [-0.25, -0.2) is 4.79 Å². The molecular formula is C17H22N2O5. The van der Waals surface area contributed by atoms with Gasteiger partial charge >= 0.3 is 5.97 Å². The number of primary amides is 1. The Labute approximate surface area is 140 Å². The zero-order valence-electron chi connectivity index (χ0n) is 13.6. The number of hydrogen-bond acceptors (Lipinski definition) is 4. The Morgan fingerprint density at radius 2 is 1.71 bits per heavy atom. The molecule has 7 nitrogen and oxygen atoms in total. The topological polar surface area (TPSA) is 127 Å². The number of benzene rings is 1.